The van der Waals surface area contributed by atoms with Crippen molar-refractivity contribution in [3.05, 3.63) is 35.9 Å². The Morgan fingerprint density at radius 3 is 2.73 bits per heavy atom. The number of carboxylic acid groups (broad SMARTS) is 1. The molecule has 0 bridgehead atoms. The van der Waals surface area contributed by atoms with Crippen LogP contribution in [0, 0.1) is 5.92 Å². The molecule has 2 nitrogen and oxygen atoms in total. The summed E-state index contributed by atoms with van der Waals surface area (Å²) >= 11 is 1.75. The fraction of sp³-hybridized carbons (Fsp3) is 0.417. The molecule has 0 amide bonds. The predicted octanol–water partition coefficient (Wildman–Crippen LogP) is 2.61. The van der Waals surface area contributed by atoms with Crippen molar-refractivity contribution in [2.75, 3.05) is 11.5 Å². The largest absolute Gasteiger partial charge is 0.481 e. The molecule has 0 aliphatic carbocycles. The zero-order chi connectivity index (χ0) is 10.7. The van der Waals surface area contributed by atoms with Gasteiger partial charge >= 0.3 is 5.97 Å². The lowest BCUT2D eigenvalue weighted by Gasteiger charge is -2.28. The Bertz CT molecular complexity index is 337. The van der Waals surface area contributed by atoms with E-state index in [0.29, 0.717) is 0 Å². The molecule has 2 rings (SSSR count). The van der Waals surface area contributed by atoms with E-state index in [1.807, 2.05) is 30.3 Å². The number of carbonyl (C=O) groups is 1. The second-order valence-electron chi connectivity index (χ2n) is 3.83. The molecule has 2 atom stereocenters. The predicted molar refractivity (Wildman–Crippen MR) is 62.3 cm³/mol. The molecule has 1 aromatic carbocycles. The van der Waals surface area contributed by atoms with E-state index in [1.165, 1.54) is 5.56 Å². The lowest BCUT2D eigenvalue weighted by Crippen LogP contribution is -2.28. The van der Waals surface area contributed by atoms with E-state index in [9.17, 15) is 4.79 Å². The number of carboxylic acids is 1. The highest BCUT2D eigenvalue weighted by molar-refractivity contribution is 7.99. The maximum Gasteiger partial charge on any atom is 0.307 e. The monoisotopic (exact) mass is 222 g/mol. The number of hydrogen-bond donors (Lipinski definition) is 1. The minimum Gasteiger partial charge on any atom is -0.481 e. The molecular formula is C12H14O2S. The zero-order valence-electron chi connectivity index (χ0n) is 8.43. The van der Waals surface area contributed by atoms with Crippen LogP contribution in [-0.2, 0) is 4.79 Å². The number of benzene rings is 1. The SMILES string of the molecule is O=C(O)C1CSCCC1c1ccccc1. The van der Waals surface area contributed by atoms with Crippen molar-refractivity contribution < 1.29 is 9.90 Å². The molecular weight excluding hydrogens is 208 g/mol. The first-order chi connectivity index (χ1) is 7.29. The fourth-order valence-corrected chi connectivity index (χ4v) is 3.30. The summed E-state index contributed by atoms with van der Waals surface area (Å²) < 4.78 is 0. The van der Waals surface area contributed by atoms with Crippen LogP contribution in [0.25, 0.3) is 0 Å². The summed E-state index contributed by atoms with van der Waals surface area (Å²) in [7, 11) is 0. The van der Waals surface area contributed by atoms with Crippen LogP contribution in [0.3, 0.4) is 0 Å². The van der Waals surface area contributed by atoms with Gasteiger partial charge in [-0.3, -0.25) is 4.79 Å². The van der Waals surface area contributed by atoms with Gasteiger partial charge in [0.1, 0.15) is 0 Å². The summed E-state index contributed by atoms with van der Waals surface area (Å²) in [5, 5.41) is 9.16. The smallest absolute Gasteiger partial charge is 0.307 e. The molecule has 1 aliphatic heterocycles. The third-order valence-electron chi connectivity index (χ3n) is 2.90. The first kappa shape index (κ1) is 10.6. The molecule has 3 heteroatoms. The molecule has 1 aliphatic rings. The van der Waals surface area contributed by atoms with Gasteiger partial charge in [0.15, 0.2) is 0 Å². The maximum absolute atomic E-state index is 11.1. The standard InChI is InChI=1S/C12H14O2S/c13-12(14)11-8-15-7-6-10(11)9-4-2-1-3-5-9/h1-5,10-11H,6-8H2,(H,13,14). The maximum atomic E-state index is 11.1. The van der Waals surface area contributed by atoms with Crippen LogP contribution in [0.5, 0.6) is 0 Å². The molecule has 0 aromatic heterocycles. The minimum absolute atomic E-state index is 0.199. The first-order valence-electron chi connectivity index (χ1n) is 5.14. The molecule has 1 N–H and O–H groups in total. The van der Waals surface area contributed by atoms with Gasteiger partial charge in [-0.1, -0.05) is 30.3 Å². The van der Waals surface area contributed by atoms with E-state index < -0.39 is 5.97 Å². The highest BCUT2D eigenvalue weighted by Gasteiger charge is 2.31. The summed E-state index contributed by atoms with van der Waals surface area (Å²) in [5.41, 5.74) is 1.17. The van der Waals surface area contributed by atoms with Crippen LogP contribution < -0.4 is 0 Å². The minimum atomic E-state index is -0.656. The average Bonchev–Trinajstić information content (AvgIpc) is 2.30. The van der Waals surface area contributed by atoms with Crippen molar-refractivity contribution in [3.8, 4) is 0 Å². The molecule has 2 unspecified atom stereocenters. The van der Waals surface area contributed by atoms with Crippen LogP contribution in [0.1, 0.15) is 17.9 Å². The van der Waals surface area contributed by atoms with E-state index >= 15 is 0 Å². The second kappa shape index (κ2) is 4.71. The van der Waals surface area contributed by atoms with Gasteiger partial charge < -0.3 is 5.11 Å². The van der Waals surface area contributed by atoms with Gasteiger partial charge in [0.25, 0.3) is 0 Å². The quantitative estimate of drug-likeness (QED) is 0.835. The number of thioether (sulfide) groups is 1. The van der Waals surface area contributed by atoms with Gasteiger partial charge in [-0.25, -0.2) is 0 Å². The van der Waals surface area contributed by atoms with Crippen molar-refractivity contribution in [2.24, 2.45) is 5.92 Å². The molecule has 1 heterocycles. The zero-order valence-corrected chi connectivity index (χ0v) is 9.24. The average molecular weight is 222 g/mol. The van der Waals surface area contributed by atoms with E-state index in [2.05, 4.69) is 0 Å². The summed E-state index contributed by atoms with van der Waals surface area (Å²) in [5.74, 6) is 1.14. The van der Waals surface area contributed by atoms with Gasteiger partial charge in [0.2, 0.25) is 0 Å². The Balaban J connectivity index is 2.22. The van der Waals surface area contributed by atoms with E-state index in [-0.39, 0.29) is 11.8 Å². The molecule has 80 valence electrons. The van der Waals surface area contributed by atoms with Crippen molar-refractivity contribution in [3.63, 3.8) is 0 Å². The Kier molecular flexibility index (Phi) is 3.31. The van der Waals surface area contributed by atoms with Crippen LogP contribution in [0.15, 0.2) is 30.3 Å². The molecule has 1 aromatic rings. The molecule has 1 fully saturated rings. The number of aliphatic carboxylic acids is 1. The Morgan fingerprint density at radius 1 is 1.33 bits per heavy atom. The van der Waals surface area contributed by atoms with Crippen molar-refractivity contribution in [1.82, 2.24) is 0 Å². The number of hydrogen-bond acceptors (Lipinski definition) is 2. The van der Waals surface area contributed by atoms with Crippen molar-refractivity contribution in [1.29, 1.82) is 0 Å². The van der Waals surface area contributed by atoms with Gasteiger partial charge in [-0.05, 0) is 23.7 Å². The first-order valence-corrected chi connectivity index (χ1v) is 6.30. The van der Waals surface area contributed by atoms with Crippen LogP contribution >= 0.6 is 11.8 Å². The van der Waals surface area contributed by atoms with E-state index in [1.54, 1.807) is 11.8 Å². The molecule has 15 heavy (non-hydrogen) atoms. The third-order valence-corrected chi connectivity index (χ3v) is 4.02. The van der Waals surface area contributed by atoms with E-state index in [4.69, 9.17) is 5.11 Å². The summed E-state index contributed by atoms with van der Waals surface area (Å²) in [4.78, 5) is 11.1. The van der Waals surface area contributed by atoms with E-state index in [0.717, 1.165) is 17.9 Å². The topological polar surface area (TPSA) is 37.3 Å². The Labute approximate surface area is 93.7 Å². The number of rotatable bonds is 2. The van der Waals surface area contributed by atoms with Gasteiger partial charge in [0, 0.05) is 5.75 Å². The summed E-state index contributed by atoms with van der Waals surface area (Å²) in [6, 6.07) is 10.0. The van der Waals surface area contributed by atoms with Gasteiger partial charge in [-0.15, -0.1) is 0 Å². The summed E-state index contributed by atoms with van der Waals surface area (Å²) in [6.45, 7) is 0. The molecule has 0 saturated carbocycles. The Hall–Kier alpha value is -0.960. The van der Waals surface area contributed by atoms with Gasteiger partial charge in [0.05, 0.1) is 5.92 Å². The second-order valence-corrected chi connectivity index (χ2v) is 4.98. The van der Waals surface area contributed by atoms with Crippen LogP contribution in [0.2, 0.25) is 0 Å². The van der Waals surface area contributed by atoms with Crippen molar-refractivity contribution in [2.45, 2.75) is 12.3 Å². The molecule has 0 radical (unpaired) electrons. The third kappa shape index (κ3) is 2.34. The van der Waals surface area contributed by atoms with Gasteiger partial charge in [-0.2, -0.15) is 11.8 Å². The normalized spacial score (nSPS) is 26.1. The molecule has 0 spiro atoms. The van der Waals surface area contributed by atoms with Crippen LogP contribution in [0.4, 0.5) is 0 Å². The summed E-state index contributed by atoms with van der Waals surface area (Å²) in [6.07, 6.45) is 0.978. The fourth-order valence-electron chi connectivity index (χ4n) is 2.08. The highest BCUT2D eigenvalue weighted by atomic mass is 32.2. The lowest BCUT2D eigenvalue weighted by atomic mass is 9.85. The van der Waals surface area contributed by atoms with Crippen LogP contribution in [-0.4, -0.2) is 22.6 Å². The Morgan fingerprint density at radius 2 is 2.07 bits per heavy atom. The van der Waals surface area contributed by atoms with Crippen molar-refractivity contribution >= 4 is 17.7 Å². The molecule has 1 saturated heterocycles. The highest BCUT2D eigenvalue weighted by Crippen LogP contribution is 2.36. The lowest BCUT2D eigenvalue weighted by molar-refractivity contribution is -0.141.